The number of H-pyrrole nitrogens is 1. The van der Waals surface area contributed by atoms with Gasteiger partial charge in [0.1, 0.15) is 17.0 Å². The fourth-order valence-electron chi connectivity index (χ4n) is 5.09. The predicted molar refractivity (Wildman–Crippen MR) is 144 cm³/mol. The van der Waals surface area contributed by atoms with Crippen LogP contribution < -0.4 is 5.56 Å². The van der Waals surface area contributed by atoms with E-state index in [0.29, 0.717) is 31.0 Å². The van der Waals surface area contributed by atoms with Gasteiger partial charge in [0.25, 0.3) is 5.56 Å². The molecule has 38 heavy (non-hydrogen) atoms. The highest BCUT2D eigenvalue weighted by atomic mass is 19.1. The van der Waals surface area contributed by atoms with Crippen LogP contribution in [-0.2, 0) is 4.74 Å². The number of benzene rings is 3. The molecule has 1 unspecified atom stereocenters. The van der Waals surface area contributed by atoms with Crippen LogP contribution in [0.5, 0.6) is 0 Å². The molecule has 0 spiro atoms. The first kappa shape index (κ1) is 24.2. The molecule has 0 aliphatic carbocycles. The zero-order valence-electron chi connectivity index (χ0n) is 20.8. The lowest BCUT2D eigenvalue weighted by Gasteiger charge is -2.30. The molecule has 7 nitrogen and oxygen atoms in total. The molecule has 8 heteroatoms. The summed E-state index contributed by atoms with van der Waals surface area (Å²) in [6.45, 7) is 3.53. The van der Waals surface area contributed by atoms with E-state index in [4.69, 9.17) is 4.74 Å². The molecule has 1 aliphatic heterocycles. The number of hydrogen-bond acceptors (Lipinski definition) is 5. The molecule has 0 amide bonds. The third-order valence-corrected chi connectivity index (χ3v) is 7.17. The highest BCUT2D eigenvalue weighted by molar-refractivity contribution is 5.96. The Morgan fingerprint density at radius 1 is 1.00 bits per heavy atom. The molecular weight excluding hydrogens is 483 g/mol. The van der Waals surface area contributed by atoms with Crippen LogP contribution in [-0.4, -0.2) is 58.1 Å². The molecule has 0 saturated carbocycles. The second-order valence-electron chi connectivity index (χ2n) is 9.71. The summed E-state index contributed by atoms with van der Waals surface area (Å²) in [6.07, 6.45) is 1.94. The number of Topliss-reactive ketones (excluding diaryl/α,β-unsaturated/α-hetero) is 1. The second kappa shape index (κ2) is 10.3. The number of aromatic nitrogens is 3. The van der Waals surface area contributed by atoms with Gasteiger partial charge in [0, 0.05) is 43.6 Å². The van der Waals surface area contributed by atoms with Crippen molar-refractivity contribution in [1.29, 1.82) is 0 Å². The van der Waals surface area contributed by atoms with Crippen molar-refractivity contribution in [1.82, 2.24) is 19.5 Å². The van der Waals surface area contributed by atoms with E-state index >= 15 is 0 Å². The summed E-state index contributed by atoms with van der Waals surface area (Å²) in [6, 6.07) is 21.8. The fourth-order valence-corrected chi connectivity index (χ4v) is 5.09. The highest BCUT2D eigenvalue weighted by Crippen LogP contribution is 2.25. The summed E-state index contributed by atoms with van der Waals surface area (Å²) >= 11 is 0. The Balaban J connectivity index is 1.29. The van der Waals surface area contributed by atoms with Crippen LogP contribution in [0.2, 0.25) is 0 Å². The molecule has 192 valence electrons. The van der Waals surface area contributed by atoms with Gasteiger partial charge in [-0.05, 0) is 34.5 Å². The average Bonchev–Trinajstić information content (AvgIpc) is 3.39. The topological polar surface area (TPSA) is 79.7 Å². The molecule has 1 saturated heterocycles. The lowest BCUT2D eigenvalue weighted by Crippen LogP contribution is -2.39. The Morgan fingerprint density at radius 3 is 2.55 bits per heavy atom. The monoisotopic (exact) mass is 510 g/mol. The quantitative estimate of drug-likeness (QED) is 0.322. The minimum atomic E-state index is -0.314. The van der Waals surface area contributed by atoms with Crippen LogP contribution in [0.3, 0.4) is 0 Å². The molecule has 0 radical (unpaired) electrons. The number of morpholine rings is 1. The lowest BCUT2D eigenvalue weighted by molar-refractivity contribution is 0.0345. The Morgan fingerprint density at radius 2 is 1.76 bits per heavy atom. The van der Waals surface area contributed by atoms with Crippen LogP contribution in [0, 0.1) is 5.82 Å². The maximum atomic E-state index is 13.6. The average molecular weight is 511 g/mol. The second-order valence-corrected chi connectivity index (χ2v) is 9.71. The van der Waals surface area contributed by atoms with Gasteiger partial charge < -0.3 is 9.72 Å². The molecule has 2 aromatic heterocycles. The number of nitrogens with one attached hydrogen (secondary N) is 1. The summed E-state index contributed by atoms with van der Waals surface area (Å²) in [7, 11) is 0. The van der Waals surface area contributed by atoms with Gasteiger partial charge in [0.05, 0.1) is 25.1 Å². The van der Waals surface area contributed by atoms with Gasteiger partial charge in [0.15, 0.2) is 5.78 Å². The van der Waals surface area contributed by atoms with Crippen LogP contribution in [0.15, 0.2) is 83.8 Å². The van der Waals surface area contributed by atoms with E-state index in [1.165, 1.54) is 16.6 Å². The number of halogens is 1. The van der Waals surface area contributed by atoms with E-state index < -0.39 is 0 Å². The molecule has 1 N–H and O–H groups in total. The maximum absolute atomic E-state index is 13.6. The number of fused-ring (bicyclic) bond motifs is 2. The molecule has 0 bridgehead atoms. The van der Waals surface area contributed by atoms with E-state index in [1.807, 2.05) is 42.5 Å². The lowest BCUT2D eigenvalue weighted by atomic mass is 9.92. The Kier molecular flexibility index (Phi) is 6.57. The number of rotatable bonds is 7. The van der Waals surface area contributed by atoms with Gasteiger partial charge in [-0.2, -0.15) is 5.10 Å². The van der Waals surface area contributed by atoms with Crippen molar-refractivity contribution in [2.24, 2.45) is 0 Å². The van der Waals surface area contributed by atoms with Crippen LogP contribution in [0.1, 0.15) is 28.4 Å². The fraction of sp³-hybridized carbons (Fsp3) is 0.233. The van der Waals surface area contributed by atoms with Crippen LogP contribution >= 0.6 is 0 Å². The number of hydrogen-bond donors (Lipinski definition) is 1. The van der Waals surface area contributed by atoms with Gasteiger partial charge in [0.2, 0.25) is 0 Å². The van der Waals surface area contributed by atoms with Gasteiger partial charge in [-0.1, -0.05) is 48.5 Å². The number of carbonyl (C=O) groups excluding carboxylic acids is 1. The third-order valence-electron chi connectivity index (χ3n) is 7.17. The van der Waals surface area contributed by atoms with Gasteiger partial charge in [-0.3, -0.25) is 14.5 Å². The number of ketones is 1. The number of nitrogens with zero attached hydrogens (tertiary/aromatic N) is 3. The van der Waals surface area contributed by atoms with E-state index in [0.717, 1.165) is 35.0 Å². The molecule has 3 aromatic carbocycles. The van der Waals surface area contributed by atoms with Crippen molar-refractivity contribution in [2.75, 3.05) is 32.8 Å². The summed E-state index contributed by atoms with van der Waals surface area (Å²) in [5, 5.41) is 6.66. The SMILES string of the molecule is O=C(CC(CN1CCOCC1)c1ccc(F)cc1)c1cc2c(=O)[nH]c(-c3ccc4ccccc4c3)cn2n1. The largest absolute Gasteiger partial charge is 0.379 e. The predicted octanol–water partition coefficient (Wildman–Crippen LogP) is 4.67. The van der Waals surface area contributed by atoms with Crippen molar-refractivity contribution < 1.29 is 13.9 Å². The van der Waals surface area contributed by atoms with E-state index in [1.54, 1.807) is 24.4 Å². The Labute approximate surface area is 218 Å². The molecule has 6 rings (SSSR count). The van der Waals surface area contributed by atoms with Crippen molar-refractivity contribution in [3.8, 4) is 11.3 Å². The first-order valence-corrected chi connectivity index (χ1v) is 12.7. The minimum Gasteiger partial charge on any atom is -0.379 e. The third kappa shape index (κ3) is 5.01. The smallest absolute Gasteiger partial charge is 0.274 e. The maximum Gasteiger partial charge on any atom is 0.274 e. The molecule has 5 aromatic rings. The molecule has 1 fully saturated rings. The highest BCUT2D eigenvalue weighted by Gasteiger charge is 2.24. The molecule has 3 heterocycles. The van der Waals surface area contributed by atoms with Gasteiger partial charge in [-0.25, -0.2) is 8.91 Å². The van der Waals surface area contributed by atoms with Gasteiger partial charge in [-0.15, -0.1) is 0 Å². The first-order chi connectivity index (χ1) is 18.5. The number of aromatic amines is 1. The minimum absolute atomic E-state index is 0.141. The van der Waals surface area contributed by atoms with Crippen molar-refractivity contribution in [2.45, 2.75) is 12.3 Å². The molecular formula is C30H27FN4O3. The number of ether oxygens (including phenoxy) is 1. The molecule has 1 aliphatic rings. The van der Waals surface area contributed by atoms with E-state index in [-0.39, 0.29) is 35.2 Å². The summed E-state index contributed by atoms with van der Waals surface area (Å²) in [5.41, 5.74) is 2.60. The van der Waals surface area contributed by atoms with E-state index in [9.17, 15) is 14.0 Å². The first-order valence-electron chi connectivity index (χ1n) is 12.7. The Hall–Kier alpha value is -4.14. The standard InChI is InChI=1S/C30H27FN4O3/c31-25-9-7-21(8-10-25)24(18-34-11-13-38-14-12-34)16-29(36)26-17-28-30(37)32-27(19-35(28)33-26)23-6-5-20-3-1-2-4-22(20)15-23/h1-10,15,17,19,24H,11-14,16,18H2,(H,32,37). The summed E-state index contributed by atoms with van der Waals surface area (Å²) in [4.78, 5) is 31.5. The van der Waals surface area contributed by atoms with Crippen molar-refractivity contribution in [3.63, 3.8) is 0 Å². The molecule has 1 atom stereocenters. The summed E-state index contributed by atoms with van der Waals surface area (Å²) in [5.74, 6) is -0.618. The zero-order valence-corrected chi connectivity index (χ0v) is 20.8. The van der Waals surface area contributed by atoms with Crippen LogP contribution in [0.25, 0.3) is 27.5 Å². The van der Waals surface area contributed by atoms with E-state index in [2.05, 4.69) is 15.0 Å². The zero-order chi connectivity index (χ0) is 26.1. The van der Waals surface area contributed by atoms with Gasteiger partial charge >= 0.3 is 0 Å². The normalized spacial score (nSPS) is 15.2. The summed E-state index contributed by atoms with van der Waals surface area (Å²) < 4.78 is 20.5. The van der Waals surface area contributed by atoms with Crippen molar-refractivity contribution >= 4 is 22.1 Å². The van der Waals surface area contributed by atoms with Crippen LogP contribution in [0.4, 0.5) is 4.39 Å². The van der Waals surface area contributed by atoms with Crippen molar-refractivity contribution in [3.05, 3.63) is 106 Å². The Bertz CT molecular complexity index is 1670. The number of carbonyl (C=O) groups is 1.